The summed E-state index contributed by atoms with van der Waals surface area (Å²) in [5.41, 5.74) is 5.18. The molecule has 16 heavy (non-hydrogen) atoms. The molecular weight excluding hydrogens is 200 g/mol. The van der Waals surface area contributed by atoms with Crippen molar-refractivity contribution in [3.8, 4) is 0 Å². The molecule has 1 amide bonds. The van der Waals surface area contributed by atoms with Gasteiger partial charge in [-0.1, -0.05) is 13.8 Å². The highest BCUT2D eigenvalue weighted by atomic mass is 16.1. The summed E-state index contributed by atoms with van der Waals surface area (Å²) in [4.78, 5) is 10.8. The number of rotatable bonds is 5. The van der Waals surface area contributed by atoms with Gasteiger partial charge in [0.2, 0.25) is 5.91 Å². The van der Waals surface area contributed by atoms with E-state index in [2.05, 4.69) is 19.2 Å². The molecule has 0 aromatic heterocycles. The fraction of sp³-hybridized carbons (Fsp3) is 0.923. The van der Waals surface area contributed by atoms with Crippen molar-refractivity contribution in [3.05, 3.63) is 0 Å². The number of amides is 1. The second kappa shape index (κ2) is 6.24. The van der Waals surface area contributed by atoms with Crippen LogP contribution in [0.1, 0.15) is 52.9 Å². The highest BCUT2D eigenvalue weighted by molar-refractivity contribution is 5.74. The fourth-order valence-corrected chi connectivity index (χ4v) is 2.72. The molecule has 0 radical (unpaired) electrons. The maximum Gasteiger partial charge on any atom is 0.218 e. The SMILES string of the molecule is CC(CC(N)=O)NC1CCC(C(C)C)CC1. The molecule has 1 fully saturated rings. The van der Waals surface area contributed by atoms with Crippen LogP contribution < -0.4 is 11.1 Å². The van der Waals surface area contributed by atoms with Crippen molar-refractivity contribution in [1.29, 1.82) is 0 Å². The number of nitrogens with two attached hydrogens (primary N) is 1. The van der Waals surface area contributed by atoms with Crippen molar-refractivity contribution in [2.45, 2.75) is 65.0 Å². The van der Waals surface area contributed by atoms with E-state index in [9.17, 15) is 4.79 Å². The van der Waals surface area contributed by atoms with E-state index in [0.29, 0.717) is 12.5 Å². The van der Waals surface area contributed by atoms with Crippen LogP contribution >= 0.6 is 0 Å². The van der Waals surface area contributed by atoms with E-state index in [1.54, 1.807) is 0 Å². The Kier molecular flexibility index (Phi) is 5.26. The van der Waals surface area contributed by atoms with E-state index in [1.165, 1.54) is 25.7 Å². The van der Waals surface area contributed by atoms with E-state index in [1.807, 2.05) is 6.92 Å². The first-order valence-corrected chi connectivity index (χ1v) is 6.53. The van der Waals surface area contributed by atoms with Gasteiger partial charge in [0.15, 0.2) is 0 Å². The van der Waals surface area contributed by atoms with E-state index in [-0.39, 0.29) is 11.9 Å². The Bertz CT molecular complexity index is 220. The van der Waals surface area contributed by atoms with Crippen LogP contribution in [0.2, 0.25) is 0 Å². The lowest BCUT2D eigenvalue weighted by Gasteiger charge is -2.32. The number of hydrogen-bond donors (Lipinski definition) is 2. The summed E-state index contributed by atoms with van der Waals surface area (Å²) >= 11 is 0. The van der Waals surface area contributed by atoms with Crippen LogP contribution in [0.15, 0.2) is 0 Å². The van der Waals surface area contributed by atoms with Crippen LogP contribution in [0.4, 0.5) is 0 Å². The minimum absolute atomic E-state index is 0.212. The Morgan fingerprint density at radius 3 is 2.25 bits per heavy atom. The number of carbonyl (C=O) groups is 1. The molecule has 3 N–H and O–H groups in total. The monoisotopic (exact) mass is 226 g/mol. The summed E-state index contributed by atoms with van der Waals surface area (Å²) in [5.74, 6) is 1.49. The molecule has 0 aromatic carbocycles. The van der Waals surface area contributed by atoms with Crippen LogP contribution in [0.5, 0.6) is 0 Å². The molecule has 1 unspecified atom stereocenters. The predicted molar refractivity (Wildman–Crippen MR) is 67.0 cm³/mol. The van der Waals surface area contributed by atoms with E-state index in [4.69, 9.17) is 5.73 Å². The Morgan fingerprint density at radius 1 is 1.25 bits per heavy atom. The van der Waals surface area contributed by atoms with E-state index < -0.39 is 0 Å². The number of hydrogen-bond acceptors (Lipinski definition) is 2. The second-order valence-corrected chi connectivity index (χ2v) is 5.59. The first-order chi connectivity index (χ1) is 7.49. The van der Waals surface area contributed by atoms with Crippen molar-refractivity contribution in [2.75, 3.05) is 0 Å². The van der Waals surface area contributed by atoms with Gasteiger partial charge >= 0.3 is 0 Å². The Hall–Kier alpha value is -0.570. The largest absolute Gasteiger partial charge is 0.370 e. The van der Waals surface area contributed by atoms with Crippen molar-refractivity contribution in [1.82, 2.24) is 5.32 Å². The smallest absolute Gasteiger partial charge is 0.218 e. The normalized spacial score (nSPS) is 28.0. The molecular formula is C13H26N2O. The lowest BCUT2D eigenvalue weighted by Crippen LogP contribution is -2.41. The highest BCUT2D eigenvalue weighted by Gasteiger charge is 2.24. The summed E-state index contributed by atoms with van der Waals surface area (Å²) < 4.78 is 0. The summed E-state index contributed by atoms with van der Waals surface area (Å²) in [6, 6.07) is 0.808. The first kappa shape index (κ1) is 13.5. The summed E-state index contributed by atoms with van der Waals surface area (Å²) in [6.07, 6.45) is 5.57. The van der Waals surface area contributed by atoms with Gasteiger partial charge in [0, 0.05) is 18.5 Å². The molecule has 0 aliphatic heterocycles. The molecule has 3 nitrogen and oxygen atoms in total. The van der Waals surface area contributed by atoms with Crippen LogP contribution in [0.25, 0.3) is 0 Å². The minimum Gasteiger partial charge on any atom is -0.370 e. The third kappa shape index (κ3) is 4.52. The zero-order valence-electron chi connectivity index (χ0n) is 10.8. The average molecular weight is 226 g/mol. The topological polar surface area (TPSA) is 55.1 Å². The van der Waals surface area contributed by atoms with Gasteiger partial charge in [-0.2, -0.15) is 0 Å². The van der Waals surface area contributed by atoms with Gasteiger partial charge in [0.05, 0.1) is 0 Å². The molecule has 1 atom stereocenters. The second-order valence-electron chi connectivity index (χ2n) is 5.59. The van der Waals surface area contributed by atoms with Gasteiger partial charge < -0.3 is 11.1 Å². The Balaban J connectivity index is 2.24. The van der Waals surface area contributed by atoms with Crippen molar-refractivity contribution < 1.29 is 4.79 Å². The lowest BCUT2D eigenvalue weighted by atomic mass is 9.79. The van der Waals surface area contributed by atoms with Crippen LogP contribution in [0, 0.1) is 11.8 Å². The third-order valence-electron chi connectivity index (χ3n) is 3.74. The predicted octanol–water partition coefficient (Wildman–Crippen LogP) is 2.05. The average Bonchev–Trinajstić information content (AvgIpc) is 2.16. The highest BCUT2D eigenvalue weighted by Crippen LogP contribution is 2.30. The maximum atomic E-state index is 10.8. The zero-order chi connectivity index (χ0) is 12.1. The summed E-state index contributed by atoms with van der Waals surface area (Å²) in [5, 5.41) is 3.51. The molecule has 0 bridgehead atoms. The molecule has 1 aliphatic rings. The van der Waals surface area contributed by atoms with Crippen LogP contribution in [0.3, 0.4) is 0 Å². The Labute approximate surface area is 99.2 Å². The molecule has 1 saturated carbocycles. The summed E-state index contributed by atoms with van der Waals surface area (Å²) in [6.45, 7) is 6.67. The van der Waals surface area contributed by atoms with Gasteiger partial charge in [-0.05, 0) is 44.4 Å². The van der Waals surface area contributed by atoms with E-state index >= 15 is 0 Å². The lowest BCUT2D eigenvalue weighted by molar-refractivity contribution is -0.118. The van der Waals surface area contributed by atoms with Crippen molar-refractivity contribution in [2.24, 2.45) is 17.6 Å². The van der Waals surface area contributed by atoms with Gasteiger partial charge in [0.25, 0.3) is 0 Å². The molecule has 3 heteroatoms. The van der Waals surface area contributed by atoms with Gasteiger partial charge in [-0.3, -0.25) is 4.79 Å². The molecule has 0 saturated heterocycles. The van der Waals surface area contributed by atoms with Crippen LogP contribution in [-0.2, 0) is 4.79 Å². The fourth-order valence-electron chi connectivity index (χ4n) is 2.72. The molecule has 1 rings (SSSR count). The van der Waals surface area contributed by atoms with Gasteiger partial charge in [-0.25, -0.2) is 0 Å². The number of nitrogens with one attached hydrogen (secondary N) is 1. The molecule has 0 spiro atoms. The van der Waals surface area contributed by atoms with Gasteiger partial charge in [-0.15, -0.1) is 0 Å². The van der Waals surface area contributed by atoms with Gasteiger partial charge in [0.1, 0.15) is 0 Å². The minimum atomic E-state index is -0.212. The standard InChI is InChI=1S/C13H26N2O/c1-9(2)11-4-6-12(7-5-11)15-10(3)8-13(14)16/h9-12,15H,4-8H2,1-3H3,(H2,14,16). The quantitative estimate of drug-likeness (QED) is 0.754. The molecule has 94 valence electrons. The van der Waals surface area contributed by atoms with Crippen molar-refractivity contribution in [3.63, 3.8) is 0 Å². The molecule has 1 aliphatic carbocycles. The Morgan fingerprint density at radius 2 is 1.81 bits per heavy atom. The zero-order valence-corrected chi connectivity index (χ0v) is 10.8. The molecule has 0 heterocycles. The first-order valence-electron chi connectivity index (χ1n) is 6.53. The number of carbonyl (C=O) groups excluding carboxylic acids is 1. The maximum absolute atomic E-state index is 10.8. The summed E-state index contributed by atoms with van der Waals surface area (Å²) in [7, 11) is 0. The van der Waals surface area contributed by atoms with Crippen LogP contribution in [-0.4, -0.2) is 18.0 Å². The third-order valence-corrected chi connectivity index (χ3v) is 3.74. The van der Waals surface area contributed by atoms with Crippen molar-refractivity contribution >= 4 is 5.91 Å². The molecule has 0 aromatic rings. The number of primary amides is 1. The van der Waals surface area contributed by atoms with E-state index in [0.717, 1.165) is 11.8 Å².